The number of hydrogen-bond acceptors (Lipinski definition) is 1. The van der Waals surface area contributed by atoms with Gasteiger partial charge in [-0.05, 0) is 24.3 Å². The molecule has 0 N–H and O–H groups in total. The monoisotopic (exact) mass is 226 g/mol. The summed E-state index contributed by atoms with van der Waals surface area (Å²) in [5.41, 5.74) is 3.13. The van der Waals surface area contributed by atoms with E-state index in [4.69, 9.17) is 11.7 Å². The van der Waals surface area contributed by atoms with Gasteiger partial charge in [-0.3, -0.25) is 5.92 Å². The third kappa shape index (κ3) is 2.79. The summed E-state index contributed by atoms with van der Waals surface area (Å²) in [6.45, 7) is 0. The molecular formula is C17H8N-. The molecule has 0 saturated carbocycles. The van der Waals surface area contributed by atoms with Gasteiger partial charge in [0.25, 0.3) is 0 Å². The first kappa shape index (κ1) is 11.5. The Hall–Kier alpha value is -2.95. The van der Waals surface area contributed by atoms with Crippen molar-refractivity contribution >= 4 is 0 Å². The van der Waals surface area contributed by atoms with Gasteiger partial charge in [0.15, 0.2) is 0 Å². The quantitative estimate of drug-likeness (QED) is 0.500. The second-order valence-electron chi connectivity index (χ2n) is 3.64. The van der Waals surface area contributed by atoms with E-state index in [1.165, 1.54) is 0 Å². The molecule has 0 atom stereocenters. The lowest BCUT2D eigenvalue weighted by Gasteiger charge is -1.98. The van der Waals surface area contributed by atoms with Gasteiger partial charge in [-0.1, -0.05) is 24.0 Å². The van der Waals surface area contributed by atoms with Gasteiger partial charge in [0.2, 0.25) is 0 Å². The molecule has 2 aromatic carbocycles. The zero-order valence-electron chi connectivity index (χ0n) is 9.57. The first-order chi connectivity index (χ1) is 8.81. The van der Waals surface area contributed by atoms with Crippen LogP contribution in [0.2, 0.25) is 0 Å². The molecule has 0 aliphatic carbocycles. The summed E-state index contributed by atoms with van der Waals surface area (Å²) < 4.78 is 0. The number of nitriles is 1. The van der Waals surface area contributed by atoms with Crippen molar-refractivity contribution in [3.63, 3.8) is 0 Å². The second-order valence-corrected chi connectivity index (χ2v) is 3.64. The van der Waals surface area contributed by atoms with Crippen molar-refractivity contribution < 1.29 is 0 Å². The Bertz CT molecular complexity index is 619. The Morgan fingerprint density at radius 1 is 0.667 bits per heavy atom. The van der Waals surface area contributed by atoms with E-state index >= 15 is 0 Å². The molecule has 0 aliphatic heterocycles. The zero-order chi connectivity index (χ0) is 12.8. The molecule has 1 nitrogen and oxygen atoms in total. The Morgan fingerprint density at radius 2 is 1.06 bits per heavy atom. The van der Waals surface area contributed by atoms with Gasteiger partial charge in [-0.2, -0.15) is 5.26 Å². The molecule has 0 aliphatic rings. The largest absolute Gasteiger partial charge is 0.366 e. The third-order valence-electron chi connectivity index (χ3n) is 2.39. The van der Waals surface area contributed by atoms with E-state index in [0.29, 0.717) is 5.56 Å². The van der Waals surface area contributed by atoms with Gasteiger partial charge in [-0.15, -0.1) is 17.7 Å². The van der Waals surface area contributed by atoms with Crippen molar-refractivity contribution in [1.82, 2.24) is 0 Å². The van der Waals surface area contributed by atoms with Crippen molar-refractivity contribution in [1.29, 1.82) is 5.26 Å². The molecule has 0 heterocycles. The zero-order valence-corrected chi connectivity index (χ0v) is 9.57. The molecule has 0 fully saturated rings. The van der Waals surface area contributed by atoms with Crippen LogP contribution in [-0.4, -0.2) is 0 Å². The summed E-state index contributed by atoms with van der Waals surface area (Å²) in [7, 11) is 0. The van der Waals surface area contributed by atoms with Crippen LogP contribution >= 0.6 is 0 Å². The standard InChI is InChI=1S/C17H8N/c1-2-14-3-5-15(6-4-14)7-8-16-9-11-17(13-18)12-10-16/h3-6,9-12H/q-1. The maximum atomic E-state index is 8.68. The topological polar surface area (TPSA) is 23.8 Å². The highest BCUT2D eigenvalue weighted by molar-refractivity contribution is 5.46. The molecule has 0 spiro atoms. The molecule has 2 aromatic rings. The highest BCUT2D eigenvalue weighted by Crippen LogP contribution is 2.04. The lowest BCUT2D eigenvalue weighted by atomic mass is 10.1. The highest BCUT2D eigenvalue weighted by Gasteiger charge is 1.89. The van der Waals surface area contributed by atoms with Crippen molar-refractivity contribution in [2.24, 2.45) is 0 Å². The fourth-order valence-corrected chi connectivity index (χ4v) is 1.41. The van der Waals surface area contributed by atoms with Crippen LogP contribution in [0.4, 0.5) is 0 Å². The molecule has 0 radical (unpaired) electrons. The average Bonchev–Trinajstić information content (AvgIpc) is 2.46. The maximum Gasteiger partial charge on any atom is 0.0991 e. The Kier molecular flexibility index (Phi) is 3.46. The maximum absolute atomic E-state index is 8.68. The van der Waals surface area contributed by atoms with E-state index in [1.807, 2.05) is 24.3 Å². The van der Waals surface area contributed by atoms with E-state index in [1.54, 1.807) is 24.3 Å². The minimum absolute atomic E-state index is 0.631. The van der Waals surface area contributed by atoms with Gasteiger partial charge >= 0.3 is 0 Å². The van der Waals surface area contributed by atoms with Crippen LogP contribution in [0.3, 0.4) is 0 Å². The van der Waals surface area contributed by atoms with E-state index < -0.39 is 0 Å². The van der Waals surface area contributed by atoms with Crippen molar-refractivity contribution in [2.75, 3.05) is 0 Å². The summed E-state index contributed by atoms with van der Waals surface area (Å²) in [6, 6.07) is 16.5. The number of benzene rings is 2. The minimum Gasteiger partial charge on any atom is -0.366 e. The molecule has 0 aromatic heterocycles. The molecule has 0 saturated heterocycles. The Balaban J connectivity index is 2.20. The Labute approximate surface area is 107 Å². The first-order valence-electron chi connectivity index (χ1n) is 5.37. The van der Waals surface area contributed by atoms with Crippen molar-refractivity contribution in [3.05, 3.63) is 77.2 Å². The SMILES string of the molecule is [C-]#Cc1ccc(C#Cc2ccc(C#N)cc2)cc1. The van der Waals surface area contributed by atoms with Gasteiger partial charge < -0.3 is 6.42 Å². The van der Waals surface area contributed by atoms with Crippen molar-refractivity contribution in [3.8, 4) is 23.8 Å². The van der Waals surface area contributed by atoms with Crippen LogP contribution in [0.15, 0.2) is 48.5 Å². The summed E-state index contributed by atoms with van der Waals surface area (Å²) in [6.07, 6.45) is 6.98. The molecule has 0 bridgehead atoms. The lowest BCUT2D eigenvalue weighted by molar-refractivity contribution is 1.48. The van der Waals surface area contributed by atoms with Crippen LogP contribution in [0.1, 0.15) is 22.3 Å². The molecule has 1 heteroatoms. The smallest absolute Gasteiger partial charge is 0.0991 e. The predicted octanol–water partition coefficient (Wildman–Crippen LogP) is 2.90. The lowest BCUT2D eigenvalue weighted by Crippen LogP contribution is -1.78. The van der Waals surface area contributed by atoms with Gasteiger partial charge in [0.05, 0.1) is 11.6 Å². The molecule has 82 valence electrons. The molecule has 2 rings (SSSR count). The van der Waals surface area contributed by atoms with Crippen LogP contribution < -0.4 is 0 Å². The summed E-state index contributed by atoms with van der Waals surface area (Å²) in [5, 5.41) is 8.68. The summed E-state index contributed by atoms with van der Waals surface area (Å²) in [4.78, 5) is 0. The van der Waals surface area contributed by atoms with E-state index in [2.05, 4.69) is 23.8 Å². The van der Waals surface area contributed by atoms with E-state index in [-0.39, 0.29) is 0 Å². The Morgan fingerprint density at radius 3 is 1.44 bits per heavy atom. The predicted molar refractivity (Wildman–Crippen MR) is 69.8 cm³/mol. The molecule has 0 unspecified atom stereocenters. The number of nitrogens with zero attached hydrogens (tertiary/aromatic N) is 1. The second kappa shape index (κ2) is 5.40. The van der Waals surface area contributed by atoms with Crippen LogP contribution in [0.5, 0.6) is 0 Å². The highest BCUT2D eigenvalue weighted by atomic mass is 14.2. The third-order valence-corrected chi connectivity index (χ3v) is 2.39. The van der Waals surface area contributed by atoms with Gasteiger partial charge in [-0.25, -0.2) is 0 Å². The van der Waals surface area contributed by atoms with Gasteiger partial charge in [0, 0.05) is 11.1 Å². The van der Waals surface area contributed by atoms with Crippen LogP contribution in [0.25, 0.3) is 0 Å². The van der Waals surface area contributed by atoms with E-state index in [9.17, 15) is 0 Å². The molecule has 18 heavy (non-hydrogen) atoms. The number of rotatable bonds is 0. The fourth-order valence-electron chi connectivity index (χ4n) is 1.41. The van der Waals surface area contributed by atoms with Gasteiger partial charge in [0.1, 0.15) is 0 Å². The van der Waals surface area contributed by atoms with Crippen molar-refractivity contribution in [2.45, 2.75) is 0 Å². The molecule has 0 amide bonds. The summed E-state index contributed by atoms with van der Waals surface area (Å²) >= 11 is 0. The normalized spacial score (nSPS) is 8.56. The minimum atomic E-state index is 0.631. The molecular weight excluding hydrogens is 218 g/mol. The van der Waals surface area contributed by atoms with Crippen LogP contribution in [0, 0.1) is 35.5 Å². The first-order valence-corrected chi connectivity index (χ1v) is 5.37. The fraction of sp³-hybridized carbons (Fsp3) is 0. The number of hydrogen-bond donors (Lipinski definition) is 0. The average molecular weight is 226 g/mol. The van der Waals surface area contributed by atoms with Crippen LogP contribution in [-0.2, 0) is 0 Å². The van der Waals surface area contributed by atoms with E-state index in [0.717, 1.165) is 16.7 Å². The summed E-state index contributed by atoms with van der Waals surface area (Å²) in [5.74, 6) is 8.36.